The molecule has 80 valence electrons. The third-order valence-corrected chi connectivity index (χ3v) is 1.89. The third kappa shape index (κ3) is 2.33. The summed E-state index contributed by atoms with van der Waals surface area (Å²) < 4.78 is 5.34. The van der Waals surface area contributed by atoms with Gasteiger partial charge in [0, 0.05) is 17.7 Å². The third-order valence-electron chi connectivity index (χ3n) is 1.89. The molecule has 0 fully saturated rings. The summed E-state index contributed by atoms with van der Waals surface area (Å²) in [6, 6.07) is 9.35. The predicted octanol–water partition coefficient (Wildman–Crippen LogP) is 1.37. The van der Waals surface area contributed by atoms with E-state index in [2.05, 4.69) is 10.2 Å². The van der Waals surface area contributed by atoms with Gasteiger partial charge in [-0.1, -0.05) is 0 Å². The number of carbonyl (C=O) groups excluding carboxylic acids is 1. The zero-order valence-electron chi connectivity index (χ0n) is 8.21. The highest BCUT2D eigenvalue weighted by Crippen LogP contribution is 2.17. The van der Waals surface area contributed by atoms with E-state index in [1.807, 2.05) is 0 Å². The first-order valence-electron chi connectivity index (χ1n) is 4.57. The summed E-state index contributed by atoms with van der Waals surface area (Å²) in [4.78, 5) is 21.2. The topological polar surface area (TPSA) is 72.1 Å². The van der Waals surface area contributed by atoms with Crippen molar-refractivity contribution in [3.05, 3.63) is 52.3 Å². The molecule has 1 heterocycles. The fourth-order valence-electron chi connectivity index (χ4n) is 1.12. The SMILES string of the molecule is O=Cc1ccc(Oc2ccc(=O)[nH]n2)cc1. The number of ether oxygens (including phenoxy) is 1. The first-order valence-corrected chi connectivity index (χ1v) is 4.57. The van der Waals surface area contributed by atoms with Crippen LogP contribution in [0.3, 0.4) is 0 Å². The molecule has 0 amide bonds. The van der Waals surface area contributed by atoms with Gasteiger partial charge in [-0.05, 0) is 24.3 Å². The van der Waals surface area contributed by atoms with E-state index in [0.717, 1.165) is 6.29 Å². The van der Waals surface area contributed by atoms with Crippen LogP contribution in [0, 0.1) is 0 Å². The minimum absolute atomic E-state index is 0.288. The molecular weight excluding hydrogens is 208 g/mol. The van der Waals surface area contributed by atoms with E-state index in [1.165, 1.54) is 12.1 Å². The molecule has 0 aliphatic rings. The van der Waals surface area contributed by atoms with Gasteiger partial charge < -0.3 is 4.74 Å². The molecule has 5 heteroatoms. The molecule has 0 aliphatic heterocycles. The van der Waals surface area contributed by atoms with E-state index in [-0.39, 0.29) is 5.56 Å². The summed E-state index contributed by atoms with van der Waals surface area (Å²) in [7, 11) is 0. The Morgan fingerprint density at radius 3 is 2.44 bits per heavy atom. The quantitative estimate of drug-likeness (QED) is 0.786. The Bertz CT molecular complexity index is 525. The van der Waals surface area contributed by atoms with Crippen molar-refractivity contribution >= 4 is 6.29 Å². The van der Waals surface area contributed by atoms with Gasteiger partial charge in [0.1, 0.15) is 12.0 Å². The summed E-state index contributed by atoms with van der Waals surface area (Å²) >= 11 is 0. The molecule has 0 bridgehead atoms. The number of hydrogen-bond acceptors (Lipinski definition) is 4. The van der Waals surface area contributed by atoms with Crippen molar-refractivity contribution in [2.75, 3.05) is 0 Å². The molecule has 0 spiro atoms. The molecule has 0 saturated carbocycles. The van der Waals surface area contributed by atoms with E-state index in [9.17, 15) is 9.59 Å². The van der Waals surface area contributed by atoms with Crippen LogP contribution in [-0.4, -0.2) is 16.5 Å². The summed E-state index contributed by atoms with van der Waals surface area (Å²) in [5.74, 6) is 0.837. The molecular formula is C11H8N2O3. The first-order chi connectivity index (χ1) is 7.78. The van der Waals surface area contributed by atoms with Crippen LogP contribution in [0.1, 0.15) is 10.4 Å². The average Bonchev–Trinajstić information content (AvgIpc) is 2.33. The summed E-state index contributed by atoms with van der Waals surface area (Å²) in [6.45, 7) is 0. The lowest BCUT2D eigenvalue weighted by molar-refractivity contribution is 0.112. The molecule has 16 heavy (non-hydrogen) atoms. The number of hydrogen-bond donors (Lipinski definition) is 1. The highest BCUT2D eigenvalue weighted by Gasteiger charge is 1.98. The molecule has 2 aromatic rings. The van der Waals surface area contributed by atoms with E-state index in [0.29, 0.717) is 17.2 Å². The molecule has 0 saturated heterocycles. The molecule has 1 N–H and O–H groups in total. The maximum Gasteiger partial charge on any atom is 0.264 e. The first kappa shape index (κ1) is 10.1. The van der Waals surface area contributed by atoms with Crippen molar-refractivity contribution < 1.29 is 9.53 Å². The van der Waals surface area contributed by atoms with Crippen LogP contribution in [-0.2, 0) is 0 Å². The normalized spacial score (nSPS) is 9.75. The maximum atomic E-state index is 10.7. The number of rotatable bonds is 3. The molecule has 1 aromatic carbocycles. The number of aldehydes is 1. The number of H-pyrrole nitrogens is 1. The number of nitrogens with zero attached hydrogens (tertiary/aromatic N) is 1. The molecule has 0 atom stereocenters. The number of nitrogens with one attached hydrogen (secondary N) is 1. The highest BCUT2D eigenvalue weighted by molar-refractivity contribution is 5.74. The number of aromatic amines is 1. The van der Waals surface area contributed by atoms with Gasteiger partial charge in [-0.25, -0.2) is 5.10 Å². The van der Waals surface area contributed by atoms with Crippen LogP contribution in [0.2, 0.25) is 0 Å². The second-order valence-electron chi connectivity index (χ2n) is 3.05. The lowest BCUT2D eigenvalue weighted by atomic mass is 10.2. The van der Waals surface area contributed by atoms with E-state index in [4.69, 9.17) is 4.74 Å². The van der Waals surface area contributed by atoms with E-state index >= 15 is 0 Å². The summed E-state index contributed by atoms with van der Waals surface area (Å²) in [5, 5.41) is 5.94. The van der Waals surface area contributed by atoms with Crippen LogP contribution >= 0.6 is 0 Å². The second-order valence-corrected chi connectivity index (χ2v) is 3.05. The Labute approximate surface area is 90.7 Å². The van der Waals surface area contributed by atoms with Gasteiger partial charge in [0.15, 0.2) is 0 Å². The number of aromatic nitrogens is 2. The fraction of sp³-hybridized carbons (Fsp3) is 0. The smallest absolute Gasteiger partial charge is 0.264 e. The van der Waals surface area contributed by atoms with Gasteiger partial charge in [0.25, 0.3) is 5.56 Å². The van der Waals surface area contributed by atoms with Crippen LogP contribution in [0.4, 0.5) is 0 Å². The lowest BCUT2D eigenvalue weighted by Crippen LogP contribution is -2.05. The summed E-state index contributed by atoms with van der Waals surface area (Å²) in [5.41, 5.74) is 0.283. The van der Waals surface area contributed by atoms with Gasteiger partial charge in [0.05, 0.1) is 0 Å². The molecule has 0 unspecified atom stereocenters. The zero-order valence-corrected chi connectivity index (χ0v) is 8.21. The Kier molecular flexibility index (Phi) is 2.77. The van der Waals surface area contributed by atoms with Gasteiger partial charge in [0.2, 0.25) is 5.88 Å². The minimum atomic E-state index is -0.288. The largest absolute Gasteiger partial charge is 0.438 e. The van der Waals surface area contributed by atoms with Crippen molar-refractivity contribution in [1.29, 1.82) is 0 Å². The molecule has 0 aliphatic carbocycles. The zero-order chi connectivity index (χ0) is 11.4. The average molecular weight is 216 g/mol. The standard InChI is InChI=1S/C11H8N2O3/c14-7-8-1-3-9(4-2-8)16-11-6-5-10(15)12-13-11/h1-7H,(H,12,15). The lowest BCUT2D eigenvalue weighted by Gasteiger charge is -2.02. The molecule has 2 rings (SSSR count). The highest BCUT2D eigenvalue weighted by atomic mass is 16.5. The van der Waals surface area contributed by atoms with Crippen molar-refractivity contribution in [1.82, 2.24) is 10.2 Å². The van der Waals surface area contributed by atoms with Crippen molar-refractivity contribution in [3.8, 4) is 11.6 Å². The van der Waals surface area contributed by atoms with E-state index < -0.39 is 0 Å². The Morgan fingerprint density at radius 1 is 1.12 bits per heavy atom. The van der Waals surface area contributed by atoms with Gasteiger partial charge >= 0.3 is 0 Å². The van der Waals surface area contributed by atoms with Crippen molar-refractivity contribution in [2.45, 2.75) is 0 Å². The van der Waals surface area contributed by atoms with Crippen LogP contribution in [0.15, 0.2) is 41.2 Å². The van der Waals surface area contributed by atoms with E-state index in [1.54, 1.807) is 24.3 Å². The monoisotopic (exact) mass is 216 g/mol. The Balaban J connectivity index is 2.17. The van der Waals surface area contributed by atoms with Gasteiger partial charge in [-0.3, -0.25) is 9.59 Å². The van der Waals surface area contributed by atoms with Crippen LogP contribution in [0.25, 0.3) is 0 Å². The van der Waals surface area contributed by atoms with Gasteiger partial charge in [-0.2, -0.15) is 0 Å². The van der Waals surface area contributed by atoms with Crippen molar-refractivity contribution in [2.24, 2.45) is 0 Å². The molecule has 1 aromatic heterocycles. The fourth-order valence-corrected chi connectivity index (χ4v) is 1.12. The Hall–Kier alpha value is -2.43. The predicted molar refractivity (Wildman–Crippen MR) is 56.8 cm³/mol. The number of benzene rings is 1. The molecule has 0 radical (unpaired) electrons. The summed E-state index contributed by atoms with van der Waals surface area (Å²) in [6.07, 6.45) is 0.752. The van der Waals surface area contributed by atoms with Crippen LogP contribution in [0.5, 0.6) is 11.6 Å². The van der Waals surface area contributed by atoms with Crippen LogP contribution < -0.4 is 10.3 Å². The Morgan fingerprint density at radius 2 is 1.88 bits per heavy atom. The minimum Gasteiger partial charge on any atom is -0.438 e. The van der Waals surface area contributed by atoms with Gasteiger partial charge in [-0.15, -0.1) is 5.10 Å². The second kappa shape index (κ2) is 4.39. The maximum absolute atomic E-state index is 10.7. The van der Waals surface area contributed by atoms with Crippen molar-refractivity contribution in [3.63, 3.8) is 0 Å². The molecule has 5 nitrogen and oxygen atoms in total. The number of carbonyl (C=O) groups is 1.